The molecule has 0 atom stereocenters. The van der Waals surface area contributed by atoms with Gasteiger partial charge in [0, 0.05) is 11.1 Å². The van der Waals surface area contributed by atoms with Gasteiger partial charge in [-0.05, 0) is 24.5 Å². The van der Waals surface area contributed by atoms with Crippen molar-refractivity contribution in [2.75, 3.05) is 11.6 Å². The van der Waals surface area contributed by atoms with Crippen LogP contribution in [-0.4, -0.2) is 16.2 Å². The smallest absolute Gasteiger partial charge is 0.190 e. The molecule has 0 aliphatic carbocycles. The third-order valence-electron chi connectivity index (χ3n) is 2.05. The van der Waals surface area contributed by atoms with E-state index in [1.165, 1.54) is 11.8 Å². The molecule has 0 aliphatic rings. The number of nitrogens with zero attached hydrogens (tertiary/aromatic N) is 2. The fourth-order valence-corrected chi connectivity index (χ4v) is 2.35. The Hall–Kier alpha value is -0.680. The fourth-order valence-electron chi connectivity index (χ4n) is 1.28. The van der Waals surface area contributed by atoms with Gasteiger partial charge in [-0.15, -0.1) is 0 Å². The van der Waals surface area contributed by atoms with E-state index in [1.807, 2.05) is 6.26 Å². The topological polar surface area (TPSA) is 37.8 Å². The van der Waals surface area contributed by atoms with E-state index in [4.69, 9.17) is 34.8 Å². The fraction of sp³-hybridized carbons (Fsp3) is 0.0909. The van der Waals surface area contributed by atoms with Crippen LogP contribution in [0.3, 0.4) is 0 Å². The van der Waals surface area contributed by atoms with E-state index < -0.39 is 0 Å². The SMILES string of the molecule is CSc1nc(Cl)cc(Nc2ccc(Cl)cc2Cl)n1. The van der Waals surface area contributed by atoms with E-state index in [1.54, 1.807) is 24.3 Å². The minimum atomic E-state index is 0.377. The molecule has 0 saturated carbocycles. The number of rotatable bonds is 3. The van der Waals surface area contributed by atoms with E-state index in [2.05, 4.69) is 15.3 Å². The van der Waals surface area contributed by atoms with Crippen LogP contribution < -0.4 is 5.32 Å². The molecule has 3 nitrogen and oxygen atoms in total. The predicted octanol–water partition coefficient (Wildman–Crippen LogP) is 4.90. The summed E-state index contributed by atoms with van der Waals surface area (Å²) >= 11 is 19.2. The van der Waals surface area contributed by atoms with Crippen molar-refractivity contribution in [3.8, 4) is 0 Å². The van der Waals surface area contributed by atoms with Crippen LogP contribution in [0.2, 0.25) is 15.2 Å². The molecule has 0 spiro atoms. The van der Waals surface area contributed by atoms with Crippen molar-refractivity contribution in [2.24, 2.45) is 0 Å². The summed E-state index contributed by atoms with van der Waals surface area (Å²) in [6, 6.07) is 6.81. The summed E-state index contributed by atoms with van der Waals surface area (Å²) in [5, 5.41) is 5.14. The first-order valence-corrected chi connectivity index (χ1v) is 7.25. The Morgan fingerprint density at radius 3 is 2.56 bits per heavy atom. The van der Waals surface area contributed by atoms with Crippen molar-refractivity contribution in [3.05, 3.63) is 39.5 Å². The highest BCUT2D eigenvalue weighted by Crippen LogP contribution is 2.28. The molecule has 2 aromatic rings. The number of hydrogen-bond donors (Lipinski definition) is 1. The largest absolute Gasteiger partial charge is 0.339 e. The minimum Gasteiger partial charge on any atom is -0.339 e. The van der Waals surface area contributed by atoms with Crippen LogP contribution in [-0.2, 0) is 0 Å². The highest BCUT2D eigenvalue weighted by molar-refractivity contribution is 7.98. The van der Waals surface area contributed by atoms with Gasteiger partial charge < -0.3 is 5.32 Å². The van der Waals surface area contributed by atoms with Gasteiger partial charge in [0.15, 0.2) is 5.16 Å². The molecule has 1 heterocycles. The Morgan fingerprint density at radius 2 is 1.89 bits per heavy atom. The van der Waals surface area contributed by atoms with E-state index in [0.29, 0.717) is 31.9 Å². The number of aromatic nitrogens is 2. The average molecular weight is 321 g/mol. The van der Waals surface area contributed by atoms with Crippen molar-refractivity contribution in [3.63, 3.8) is 0 Å². The maximum atomic E-state index is 6.06. The van der Waals surface area contributed by atoms with E-state index in [0.717, 1.165) is 0 Å². The standard InChI is InChI=1S/C11H8Cl3N3S/c1-18-11-16-9(14)5-10(17-11)15-8-3-2-6(12)4-7(8)13/h2-5H,1H3,(H,15,16,17). The number of benzene rings is 1. The second-order valence-electron chi connectivity index (χ2n) is 3.31. The quantitative estimate of drug-likeness (QED) is 0.496. The zero-order chi connectivity index (χ0) is 13.1. The molecule has 0 unspecified atom stereocenters. The number of anilines is 2. The van der Waals surface area contributed by atoms with Crippen LogP contribution in [0.15, 0.2) is 29.4 Å². The molecule has 1 N–H and O–H groups in total. The molecule has 0 radical (unpaired) electrons. The van der Waals surface area contributed by atoms with Gasteiger partial charge in [0.1, 0.15) is 11.0 Å². The molecule has 7 heteroatoms. The van der Waals surface area contributed by atoms with Crippen LogP contribution in [0, 0.1) is 0 Å². The van der Waals surface area contributed by atoms with Gasteiger partial charge in [0.2, 0.25) is 0 Å². The summed E-state index contributed by atoms with van der Waals surface area (Å²) in [5.74, 6) is 0.587. The molecule has 1 aromatic carbocycles. The lowest BCUT2D eigenvalue weighted by Gasteiger charge is -2.08. The van der Waals surface area contributed by atoms with E-state index in [-0.39, 0.29) is 0 Å². The summed E-state index contributed by atoms with van der Waals surface area (Å²) in [4.78, 5) is 8.33. The van der Waals surface area contributed by atoms with Gasteiger partial charge in [-0.1, -0.05) is 46.6 Å². The van der Waals surface area contributed by atoms with Gasteiger partial charge in [-0.3, -0.25) is 0 Å². The summed E-state index contributed by atoms with van der Waals surface area (Å²) in [5.41, 5.74) is 0.711. The third-order valence-corrected chi connectivity index (χ3v) is 3.34. The Balaban J connectivity index is 2.30. The van der Waals surface area contributed by atoms with Gasteiger partial charge in [-0.2, -0.15) is 0 Å². The predicted molar refractivity (Wildman–Crippen MR) is 78.6 cm³/mol. The van der Waals surface area contributed by atoms with Gasteiger partial charge >= 0.3 is 0 Å². The van der Waals surface area contributed by atoms with Crippen molar-refractivity contribution in [1.29, 1.82) is 0 Å². The molecule has 0 bridgehead atoms. The van der Waals surface area contributed by atoms with Crippen molar-refractivity contribution in [2.45, 2.75) is 5.16 Å². The molecular formula is C11H8Cl3N3S. The van der Waals surface area contributed by atoms with Crippen LogP contribution >= 0.6 is 46.6 Å². The lowest BCUT2D eigenvalue weighted by molar-refractivity contribution is 0.976. The first kappa shape index (κ1) is 13.7. The molecular weight excluding hydrogens is 313 g/mol. The van der Waals surface area contributed by atoms with Crippen molar-refractivity contribution in [1.82, 2.24) is 9.97 Å². The highest BCUT2D eigenvalue weighted by atomic mass is 35.5. The second-order valence-corrected chi connectivity index (χ2v) is 5.32. The van der Waals surface area contributed by atoms with Crippen LogP contribution in [0.4, 0.5) is 11.5 Å². The number of halogens is 3. The van der Waals surface area contributed by atoms with Crippen molar-refractivity contribution >= 4 is 58.1 Å². The van der Waals surface area contributed by atoms with Crippen LogP contribution in [0.25, 0.3) is 0 Å². The zero-order valence-electron chi connectivity index (χ0n) is 9.25. The highest BCUT2D eigenvalue weighted by Gasteiger charge is 2.05. The molecule has 0 saturated heterocycles. The average Bonchev–Trinajstić information content (AvgIpc) is 2.32. The van der Waals surface area contributed by atoms with Gasteiger partial charge in [0.05, 0.1) is 10.7 Å². The summed E-state index contributed by atoms with van der Waals surface area (Å²) in [6.45, 7) is 0. The molecule has 18 heavy (non-hydrogen) atoms. The van der Waals surface area contributed by atoms with Crippen LogP contribution in [0.5, 0.6) is 0 Å². The monoisotopic (exact) mass is 319 g/mol. The second kappa shape index (κ2) is 5.97. The Morgan fingerprint density at radius 1 is 1.11 bits per heavy atom. The Labute approximate surface area is 124 Å². The molecule has 0 aliphatic heterocycles. The molecule has 1 aromatic heterocycles. The summed E-state index contributed by atoms with van der Waals surface area (Å²) < 4.78 is 0. The summed E-state index contributed by atoms with van der Waals surface area (Å²) in [7, 11) is 0. The zero-order valence-corrected chi connectivity index (χ0v) is 12.3. The number of thioether (sulfide) groups is 1. The summed E-state index contributed by atoms with van der Waals surface area (Å²) in [6.07, 6.45) is 1.88. The first-order chi connectivity index (χ1) is 8.58. The lowest BCUT2D eigenvalue weighted by atomic mass is 10.3. The maximum absolute atomic E-state index is 6.06. The molecule has 0 amide bonds. The first-order valence-electron chi connectivity index (χ1n) is 4.89. The van der Waals surface area contributed by atoms with Crippen LogP contribution in [0.1, 0.15) is 0 Å². The molecule has 2 rings (SSSR count). The van der Waals surface area contributed by atoms with Gasteiger partial charge in [-0.25, -0.2) is 9.97 Å². The minimum absolute atomic E-state index is 0.377. The molecule has 94 valence electrons. The van der Waals surface area contributed by atoms with E-state index >= 15 is 0 Å². The van der Waals surface area contributed by atoms with Crippen molar-refractivity contribution < 1.29 is 0 Å². The van der Waals surface area contributed by atoms with E-state index in [9.17, 15) is 0 Å². The Bertz CT molecular complexity index is 577. The Kier molecular flexibility index (Phi) is 4.56. The number of nitrogens with one attached hydrogen (secondary N) is 1. The van der Waals surface area contributed by atoms with Gasteiger partial charge in [0.25, 0.3) is 0 Å². The maximum Gasteiger partial charge on any atom is 0.190 e. The number of hydrogen-bond acceptors (Lipinski definition) is 4. The molecule has 0 fully saturated rings. The normalized spacial score (nSPS) is 10.4. The third kappa shape index (κ3) is 3.42. The lowest BCUT2D eigenvalue weighted by Crippen LogP contribution is -1.97.